The highest BCUT2D eigenvalue weighted by Gasteiger charge is 2.10. The zero-order chi connectivity index (χ0) is 13.8. The zero-order valence-electron chi connectivity index (χ0n) is 11.3. The summed E-state index contributed by atoms with van der Waals surface area (Å²) in [4.78, 5) is 0. The second-order valence-corrected chi connectivity index (χ2v) is 4.80. The molecule has 0 aliphatic heterocycles. The summed E-state index contributed by atoms with van der Waals surface area (Å²) in [5.74, 6) is 0. The third kappa shape index (κ3) is 3.26. The molecule has 0 saturated heterocycles. The van der Waals surface area contributed by atoms with E-state index in [1.165, 1.54) is 0 Å². The molecule has 0 aromatic heterocycles. The highest BCUT2D eigenvalue weighted by molar-refractivity contribution is 5.54. The summed E-state index contributed by atoms with van der Waals surface area (Å²) < 4.78 is 0. The Kier molecular flexibility index (Phi) is 4.07. The molecule has 0 amide bonds. The molecule has 0 heterocycles. The summed E-state index contributed by atoms with van der Waals surface area (Å²) >= 11 is 0. The summed E-state index contributed by atoms with van der Waals surface area (Å²) in [6, 6.07) is 15.8. The SMILES string of the molecule is CC(Nc1ccccc1[C@@H](C)O)c1ccc(N)cc1. The third-order valence-corrected chi connectivity index (χ3v) is 3.22. The maximum Gasteiger partial charge on any atom is 0.0781 e. The number of para-hydroxylation sites is 1. The summed E-state index contributed by atoms with van der Waals surface area (Å²) in [5.41, 5.74) is 9.48. The van der Waals surface area contributed by atoms with E-state index in [1.807, 2.05) is 48.5 Å². The lowest BCUT2D eigenvalue weighted by Crippen LogP contribution is -2.09. The van der Waals surface area contributed by atoms with Crippen molar-refractivity contribution in [3.05, 3.63) is 59.7 Å². The average Bonchev–Trinajstić information content (AvgIpc) is 2.39. The van der Waals surface area contributed by atoms with Gasteiger partial charge in [-0.15, -0.1) is 0 Å². The molecule has 0 spiro atoms. The minimum atomic E-state index is -0.484. The van der Waals surface area contributed by atoms with Crippen LogP contribution in [-0.4, -0.2) is 5.11 Å². The van der Waals surface area contributed by atoms with Crippen LogP contribution in [0.5, 0.6) is 0 Å². The average molecular weight is 256 g/mol. The standard InChI is InChI=1S/C16H20N2O/c1-11(13-7-9-14(17)10-8-13)18-16-6-4-3-5-15(16)12(2)19/h3-12,18-19H,17H2,1-2H3/t11?,12-/m1/s1. The maximum absolute atomic E-state index is 9.77. The van der Waals surface area contributed by atoms with Crippen LogP contribution < -0.4 is 11.1 Å². The first kappa shape index (κ1) is 13.4. The van der Waals surface area contributed by atoms with E-state index >= 15 is 0 Å². The lowest BCUT2D eigenvalue weighted by molar-refractivity contribution is 0.200. The van der Waals surface area contributed by atoms with Gasteiger partial charge in [0.2, 0.25) is 0 Å². The topological polar surface area (TPSA) is 58.3 Å². The van der Waals surface area contributed by atoms with Crippen LogP contribution in [0, 0.1) is 0 Å². The summed E-state index contributed by atoms with van der Waals surface area (Å²) in [7, 11) is 0. The van der Waals surface area contributed by atoms with E-state index in [9.17, 15) is 5.11 Å². The van der Waals surface area contributed by atoms with Crippen molar-refractivity contribution < 1.29 is 5.11 Å². The van der Waals surface area contributed by atoms with Gasteiger partial charge in [-0.25, -0.2) is 0 Å². The van der Waals surface area contributed by atoms with Crippen LogP contribution in [0.15, 0.2) is 48.5 Å². The van der Waals surface area contributed by atoms with Crippen LogP contribution in [-0.2, 0) is 0 Å². The molecule has 2 rings (SSSR count). The molecule has 1 unspecified atom stereocenters. The van der Waals surface area contributed by atoms with Crippen molar-refractivity contribution in [2.75, 3.05) is 11.1 Å². The fourth-order valence-corrected chi connectivity index (χ4v) is 2.09. The van der Waals surface area contributed by atoms with Gasteiger partial charge in [0.1, 0.15) is 0 Å². The Morgan fingerprint density at radius 2 is 1.63 bits per heavy atom. The largest absolute Gasteiger partial charge is 0.399 e. The predicted octanol–water partition coefficient (Wildman–Crippen LogP) is 3.50. The second-order valence-electron chi connectivity index (χ2n) is 4.80. The number of hydrogen-bond donors (Lipinski definition) is 3. The molecule has 100 valence electrons. The monoisotopic (exact) mass is 256 g/mol. The highest BCUT2D eigenvalue weighted by Crippen LogP contribution is 2.26. The molecule has 3 heteroatoms. The smallest absolute Gasteiger partial charge is 0.0781 e. The minimum absolute atomic E-state index is 0.153. The van der Waals surface area contributed by atoms with Gasteiger partial charge in [-0.3, -0.25) is 0 Å². The molecule has 3 nitrogen and oxygen atoms in total. The number of anilines is 2. The van der Waals surface area contributed by atoms with Gasteiger partial charge in [0.15, 0.2) is 0 Å². The first-order valence-corrected chi connectivity index (χ1v) is 6.47. The van der Waals surface area contributed by atoms with Crippen molar-refractivity contribution in [1.82, 2.24) is 0 Å². The highest BCUT2D eigenvalue weighted by atomic mass is 16.3. The molecule has 4 N–H and O–H groups in total. The van der Waals surface area contributed by atoms with Crippen molar-refractivity contribution >= 4 is 11.4 Å². The number of nitrogens with two attached hydrogens (primary N) is 1. The van der Waals surface area contributed by atoms with Crippen molar-refractivity contribution in [2.24, 2.45) is 0 Å². The molecule has 0 fully saturated rings. The second kappa shape index (κ2) is 5.76. The minimum Gasteiger partial charge on any atom is -0.399 e. The Balaban J connectivity index is 2.19. The number of rotatable bonds is 4. The first-order valence-electron chi connectivity index (χ1n) is 6.47. The molecular formula is C16H20N2O. The Labute approximate surface area is 114 Å². The Hall–Kier alpha value is -2.00. The molecular weight excluding hydrogens is 236 g/mol. The van der Waals surface area contributed by atoms with Gasteiger partial charge < -0.3 is 16.2 Å². The number of aliphatic hydroxyl groups is 1. The van der Waals surface area contributed by atoms with Crippen molar-refractivity contribution in [3.8, 4) is 0 Å². The van der Waals surface area contributed by atoms with E-state index in [0.717, 1.165) is 22.5 Å². The van der Waals surface area contributed by atoms with E-state index in [4.69, 9.17) is 5.73 Å². The Bertz CT molecular complexity index is 535. The fourth-order valence-electron chi connectivity index (χ4n) is 2.09. The Morgan fingerprint density at radius 1 is 1.00 bits per heavy atom. The molecule has 2 aromatic rings. The molecule has 0 saturated carbocycles. The van der Waals surface area contributed by atoms with Gasteiger partial charge >= 0.3 is 0 Å². The number of nitrogen functional groups attached to an aromatic ring is 1. The van der Waals surface area contributed by atoms with E-state index < -0.39 is 6.10 Å². The molecule has 0 radical (unpaired) electrons. The fraction of sp³-hybridized carbons (Fsp3) is 0.250. The zero-order valence-corrected chi connectivity index (χ0v) is 11.3. The molecule has 2 aromatic carbocycles. The van der Waals surface area contributed by atoms with Gasteiger partial charge in [-0.05, 0) is 37.6 Å². The van der Waals surface area contributed by atoms with Crippen LogP contribution in [0.1, 0.15) is 37.1 Å². The Morgan fingerprint density at radius 3 is 2.26 bits per heavy atom. The number of aliphatic hydroxyl groups excluding tert-OH is 1. The molecule has 0 aliphatic carbocycles. The van der Waals surface area contributed by atoms with Crippen molar-refractivity contribution in [1.29, 1.82) is 0 Å². The summed E-state index contributed by atoms with van der Waals surface area (Å²) in [6.07, 6.45) is -0.484. The van der Waals surface area contributed by atoms with Crippen molar-refractivity contribution in [2.45, 2.75) is 26.0 Å². The maximum atomic E-state index is 9.77. The molecule has 2 atom stereocenters. The third-order valence-electron chi connectivity index (χ3n) is 3.22. The predicted molar refractivity (Wildman–Crippen MR) is 80.0 cm³/mol. The lowest BCUT2D eigenvalue weighted by Gasteiger charge is -2.19. The van der Waals surface area contributed by atoms with Gasteiger partial charge in [-0.1, -0.05) is 30.3 Å². The van der Waals surface area contributed by atoms with E-state index in [0.29, 0.717) is 0 Å². The normalized spacial score (nSPS) is 13.8. The van der Waals surface area contributed by atoms with Gasteiger partial charge in [-0.2, -0.15) is 0 Å². The summed E-state index contributed by atoms with van der Waals surface area (Å²) in [5, 5.41) is 13.2. The summed E-state index contributed by atoms with van der Waals surface area (Å²) in [6.45, 7) is 3.86. The van der Waals surface area contributed by atoms with Gasteiger partial charge in [0.05, 0.1) is 6.10 Å². The lowest BCUT2D eigenvalue weighted by atomic mass is 10.0. The van der Waals surface area contributed by atoms with E-state index in [-0.39, 0.29) is 6.04 Å². The number of hydrogen-bond acceptors (Lipinski definition) is 3. The van der Waals surface area contributed by atoms with Crippen LogP contribution in [0.4, 0.5) is 11.4 Å². The van der Waals surface area contributed by atoms with E-state index in [1.54, 1.807) is 6.92 Å². The van der Waals surface area contributed by atoms with Crippen LogP contribution in [0.3, 0.4) is 0 Å². The van der Waals surface area contributed by atoms with Crippen LogP contribution in [0.25, 0.3) is 0 Å². The quantitative estimate of drug-likeness (QED) is 0.734. The van der Waals surface area contributed by atoms with Gasteiger partial charge in [0.25, 0.3) is 0 Å². The van der Waals surface area contributed by atoms with Crippen LogP contribution in [0.2, 0.25) is 0 Å². The molecule has 0 bridgehead atoms. The number of nitrogens with one attached hydrogen (secondary N) is 1. The van der Waals surface area contributed by atoms with E-state index in [2.05, 4.69) is 12.2 Å². The van der Waals surface area contributed by atoms with Gasteiger partial charge in [0, 0.05) is 23.0 Å². The van der Waals surface area contributed by atoms with Crippen molar-refractivity contribution in [3.63, 3.8) is 0 Å². The first-order chi connectivity index (χ1) is 9.08. The number of benzene rings is 2. The van der Waals surface area contributed by atoms with Crippen LogP contribution >= 0.6 is 0 Å². The molecule has 0 aliphatic rings. The molecule has 19 heavy (non-hydrogen) atoms.